The molecule has 68 valence electrons. The Morgan fingerprint density at radius 1 is 1.50 bits per heavy atom. The Morgan fingerprint density at radius 2 is 2.17 bits per heavy atom. The summed E-state index contributed by atoms with van der Waals surface area (Å²) in [6.45, 7) is 10.2. The van der Waals surface area contributed by atoms with Crippen LogP contribution in [0.25, 0.3) is 0 Å². The lowest BCUT2D eigenvalue weighted by atomic mass is 10.0. The van der Waals surface area contributed by atoms with Crippen LogP contribution in [-0.4, -0.2) is 0 Å². The Kier molecular flexibility index (Phi) is 6.45. The molecule has 0 bridgehead atoms. The molecule has 0 N–H and O–H groups in total. The summed E-state index contributed by atoms with van der Waals surface area (Å²) in [6, 6.07) is 0. The number of rotatable bonds is 5. The Bertz CT molecular complexity index is 172. The van der Waals surface area contributed by atoms with E-state index in [0.29, 0.717) is 5.92 Å². The molecule has 0 nitrogen and oxygen atoms in total. The largest absolute Gasteiger partial charge is 0.103 e. The summed E-state index contributed by atoms with van der Waals surface area (Å²) in [5.41, 5.74) is 1.42. The summed E-state index contributed by atoms with van der Waals surface area (Å²) in [6.07, 6.45) is 10.7. The maximum absolute atomic E-state index is 3.72. The van der Waals surface area contributed by atoms with Crippen LogP contribution in [0, 0.1) is 5.92 Å². The predicted octanol–water partition coefficient (Wildman–Crippen LogP) is 4.11. The minimum Gasteiger partial charge on any atom is -0.103 e. The fraction of sp³-hybridized carbons (Fsp3) is 0.500. The van der Waals surface area contributed by atoms with E-state index in [1.165, 1.54) is 5.57 Å². The molecular formula is C12H20. The van der Waals surface area contributed by atoms with E-state index in [1.54, 1.807) is 0 Å². The fourth-order valence-corrected chi connectivity index (χ4v) is 1.20. The van der Waals surface area contributed by atoms with Gasteiger partial charge in [0.15, 0.2) is 0 Å². The van der Waals surface area contributed by atoms with E-state index in [1.807, 2.05) is 6.08 Å². The van der Waals surface area contributed by atoms with Gasteiger partial charge in [-0.3, -0.25) is 0 Å². The van der Waals surface area contributed by atoms with Crippen molar-refractivity contribution in [3.63, 3.8) is 0 Å². The second kappa shape index (κ2) is 6.90. The van der Waals surface area contributed by atoms with E-state index in [9.17, 15) is 0 Å². The lowest BCUT2D eigenvalue weighted by molar-refractivity contribution is 0.734. The van der Waals surface area contributed by atoms with Gasteiger partial charge in [0, 0.05) is 0 Å². The molecule has 0 radical (unpaired) electrons. The van der Waals surface area contributed by atoms with Crippen molar-refractivity contribution in [3.8, 4) is 0 Å². The van der Waals surface area contributed by atoms with Crippen molar-refractivity contribution in [3.05, 3.63) is 36.5 Å². The maximum Gasteiger partial charge on any atom is -0.0144 e. The first-order chi connectivity index (χ1) is 5.70. The summed E-state index contributed by atoms with van der Waals surface area (Å²) in [5.74, 6) is 0.654. The van der Waals surface area contributed by atoms with E-state index >= 15 is 0 Å². The van der Waals surface area contributed by atoms with Crippen molar-refractivity contribution in [1.29, 1.82) is 0 Å². The van der Waals surface area contributed by atoms with Gasteiger partial charge in [0.1, 0.15) is 0 Å². The van der Waals surface area contributed by atoms with Crippen LogP contribution in [0.4, 0.5) is 0 Å². The monoisotopic (exact) mass is 164 g/mol. The van der Waals surface area contributed by atoms with Crippen LogP contribution in [0.1, 0.15) is 33.6 Å². The van der Waals surface area contributed by atoms with Gasteiger partial charge in [0.05, 0.1) is 0 Å². The molecule has 0 saturated carbocycles. The van der Waals surface area contributed by atoms with Gasteiger partial charge in [0.25, 0.3) is 0 Å². The molecule has 0 aliphatic rings. The molecule has 0 aromatic rings. The SMILES string of the molecule is C=CCC(C)=CC(C)CC=CC. The Morgan fingerprint density at radius 3 is 2.67 bits per heavy atom. The Hall–Kier alpha value is -0.780. The molecule has 1 unspecified atom stereocenters. The second-order valence-corrected chi connectivity index (χ2v) is 3.29. The highest BCUT2D eigenvalue weighted by atomic mass is 14.0. The molecular weight excluding hydrogens is 144 g/mol. The van der Waals surface area contributed by atoms with Gasteiger partial charge < -0.3 is 0 Å². The van der Waals surface area contributed by atoms with E-state index in [4.69, 9.17) is 0 Å². The lowest BCUT2D eigenvalue weighted by Crippen LogP contribution is -1.88. The molecule has 0 aliphatic carbocycles. The van der Waals surface area contributed by atoms with Gasteiger partial charge in [-0.25, -0.2) is 0 Å². The highest BCUT2D eigenvalue weighted by Crippen LogP contribution is 2.10. The van der Waals surface area contributed by atoms with Crippen molar-refractivity contribution >= 4 is 0 Å². The zero-order valence-electron chi connectivity index (χ0n) is 8.51. The van der Waals surface area contributed by atoms with Crippen LogP contribution in [-0.2, 0) is 0 Å². The molecule has 0 saturated heterocycles. The molecule has 0 aliphatic heterocycles. The summed E-state index contributed by atoms with van der Waals surface area (Å²) in [7, 11) is 0. The number of allylic oxidation sites excluding steroid dienone is 5. The predicted molar refractivity (Wildman–Crippen MR) is 57.2 cm³/mol. The number of hydrogen-bond donors (Lipinski definition) is 0. The first-order valence-corrected chi connectivity index (χ1v) is 4.60. The smallest absolute Gasteiger partial charge is 0.0144 e. The molecule has 0 rings (SSSR count). The van der Waals surface area contributed by atoms with Crippen LogP contribution in [0.3, 0.4) is 0 Å². The maximum atomic E-state index is 3.72. The van der Waals surface area contributed by atoms with E-state index in [2.05, 4.69) is 45.6 Å². The first-order valence-electron chi connectivity index (χ1n) is 4.60. The van der Waals surface area contributed by atoms with Crippen LogP contribution in [0.15, 0.2) is 36.5 Å². The van der Waals surface area contributed by atoms with Crippen molar-refractivity contribution in [2.75, 3.05) is 0 Å². The van der Waals surface area contributed by atoms with Gasteiger partial charge in [-0.2, -0.15) is 0 Å². The standard InChI is InChI=1S/C12H20/c1-5-7-9-12(4)10-11(3)8-6-2/h5-7,10,12H,2,8-9H2,1,3-4H3. The van der Waals surface area contributed by atoms with Gasteiger partial charge in [-0.15, -0.1) is 6.58 Å². The summed E-state index contributed by atoms with van der Waals surface area (Å²) >= 11 is 0. The topological polar surface area (TPSA) is 0 Å². The highest BCUT2D eigenvalue weighted by Gasteiger charge is 1.94. The van der Waals surface area contributed by atoms with Crippen LogP contribution in [0.5, 0.6) is 0 Å². The van der Waals surface area contributed by atoms with Crippen molar-refractivity contribution < 1.29 is 0 Å². The molecule has 12 heavy (non-hydrogen) atoms. The third kappa shape index (κ3) is 5.96. The normalized spacial score (nSPS) is 15.1. The molecule has 0 heteroatoms. The zero-order chi connectivity index (χ0) is 9.40. The summed E-state index contributed by atoms with van der Waals surface area (Å²) in [4.78, 5) is 0. The molecule has 0 fully saturated rings. The Balaban J connectivity index is 3.85. The quantitative estimate of drug-likeness (QED) is 0.536. The molecule has 0 aromatic heterocycles. The third-order valence-corrected chi connectivity index (χ3v) is 1.78. The summed E-state index contributed by atoms with van der Waals surface area (Å²) < 4.78 is 0. The second-order valence-electron chi connectivity index (χ2n) is 3.29. The molecule has 0 spiro atoms. The van der Waals surface area contributed by atoms with E-state index in [0.717, 1.165) is 12.8 Å². The molecule has 0 heterocycles. The average molecular weight is 164 g/mol. The van der Waals surface area contributed by atoms with Crippen molar-refractivity contribution in [2.24, 2.45) is 5.92 Å². The van der Waals surface area contributed by atoms with Gasteiger partial charge >= 0.3 is 0 Å². The fourth-order valence-electron chi connectivity index (χ4n) is 1.20. The van der Waals surface area contributed by atoms with E-state index < -0.39 is 0 Å². The van der Waals surface area contributed by atoms with Crippen LogP contribution in [0.2, 0.25) is 0 Å². The Labute approximate surface area is 76.7 Å². The molecule has 0 amide bonds. The third-order valence-electron chi connectivity index (χ3n) is 1.78. The van der Waals surface area contributed by atoms with Gasteiger partial charge in [0.2, 0.25) is 0 Å². The lowest BCUT2D eigenvalue weighted by Gasteiger charge is -2.03. The van der Waals surface area contributed by atoms with Gasteiger partial charge in [-0.1, -0.05) is 36.8 Å². The highest BCUT2D eigenvalue weighted by molar-refractivity contribution is 5.05. The molecule has 0 aromatic carbocycles. The van der Waals surface area contributed by atoms with Crippen LogP contribution >= 0.6 is 0 Å². The van der Waals surface area contributed by atoms with E-state index in [-0.39, 0.29) is 0 Å². The minimum absolute atomic E-state index is 0.654. The first kappa shape index (κ1) is 11.2. The summed E-state index contributed by atoms with van der Waals surface area (Å²) in [5, 5.41) is 0. The van der Waals surface area contributed by atoms with Gasteiger partial charge in [-0.05, 0) is 32.6 Å². The average Bonchev–Trinajstić information content (AvgIpc) is 2.01. The van der Waals surface area contributed by atoms with Crippen molar-refractivity contribution in [1.82, 2.24) is 0 Å². The zero-order valence-corrected chi connectivity index (χ0v) is 8.51. The van der Waals surface area contributed by atoms with Crippen LogP contribution < -0.4 is 0 Å². The minimum atomic E-state index is 0.654. The molecule has 1 atom stereocenters. The number of hydrogen-bond acceptors (Lipinski definition) is 0. The van der Waals surface area contributed by atoms with Crippen molar-refractivity contribution in [2.45, 2.75) is 33.6 Å².